The minimum absolute atomic E-state index is 0.285. The molecule has 6 nitrogen and oxygen atoms in total. The fourth-order valence-corrected chi connectivity index (χ4v) is 4.50. The molecule has 0 unspecified atom stereocenters. The van der Waals surface area contributed by atoms with E-state index in [0.717, 1.165) is 16.4 Å². The molecular weight excluding hydrogens is 304 g/mol. The standard InChI is InChI=1S/C10H14N4O2S3/c1-3-11-6-8-4-5-9(18-8)19(15,16)14-10-13-12-7(2)17-10/h4-5,11H,3,6H2,1-2H3,(H,13,14). The summed E-state index contributed by atoms with van der Waals surface area (Å²) in [6.45, 7) is 5.30. The predicted octanol–water partition coefficient (Wildman–Crippen LogP) is 1.82. The molecule has 104 valence electrons. The summed E-state index contributed by atoms with van der Waals surface area (Å²) in [4.78, 5) is 0.982. The van der Waals surface area contributed by atoms with E-state index < -0.39 is 10.0 Å². The van der Waals surface area contributed by atoms with Crippen LogP contribution in [-0.2, 0) is 16.6 Å². The van der Waals surface area contributed by atoms with Crippen molar-refractivity contribution in [3.63, 3.8) is 0 Å². The van der Waals surface area contributed by atoms with Crippen molar-refractivity contribution in [3.8, 4) is 0 Å². The molecule has 0 saturated heterocycles. The first kappa shape index (κ1) is 14.4. The highest BCUT2D eigenvalue weighted by Gasteiger charge is 2.18. The normalized spacial score (nSPS) is 11.7. The summed E-state index contributed by atoms with van der Waals surface area (Å²) >= 11 is 2.46. The summed E-state index contributed by atoms with van der Waals surface area (Å²) in [5, 5.41) is 11.7. The van der Waals surface area contributed by atoms with Crippen LogP contribution in [0, 0.1) is 6.92 Å². The highest BCUT2D eigenvalue weighted by atomic mass is 32.2. The number of nitrogens with zero attached hydrogens (tertiary/aromatic N) is 2. The summed E-state index contributed by atoms with van der Waals surface area (Å²) in [6.07, 6.45) is 0. The minimum atomic E-state index is -3.56. The van der Waals surface area contributed by atoms with Gasteiger partial charge < -0.3 is 5.32 Å². The summed E-state index contributed by atoms with van der Waals surface area (Å²) in [6, 6.07) is 3.42. The summed E-state index contributed by atoms with van der Waals surface area (Å²) in [7, 11) is -3.56. The fraction of sp³-hybridized carbons (Fsp3) is 0.400. The largest absolute Gasteiger partial charge is 0.312 e. The number of sulfonamides is 1. The molecule has 0 atom stereocenters. The van der Waals surface area contributed by atoms with Gasteiger partial charge in [-0.25, -0.2) is 8.42 Å². The van der Waals surface area contributed by atoms with E-state index in [1.807, 2.05) is 13.0 Å². The van der Waals surface area contributed by atoms with Crippen LogP contribution in [-0.4, -0.2) is 25.2 Å². The molecule has 2 heterocycles. The fourth-order valence-electron chi connectivity index (χ4n) is 1.35. The van der Waals surface area contributed by atoms with E-state index in [4.69, 9.17) is 0 Å². The number of aryl methyl sites for hydroxylation is 1. The third-order valence-corrected chi connectivity index (χ3v) is 6.00. The van der Waals surface area contributed by atoms with Gasteiger partial charge in [0.2, 0.25) is 5.13 Å². The third kappa shape index (κ3) is 3.72. The highest BCUT2D eigenvalue weighted by Crippen LogP contribution is 2.25. The minimum Gasteiger partial charge on any atom is -0.312 e. The molecule has 0 aliphatic rings. The van der Waals surface area contributed by atoms with Gasteiger partial charge in [0.25, 0.3) is 10.0 Å². The number of hydrogen-bond acceptors (Lipinski definition) is 7. The van der Waals surface area contributed by atoms with Crippen LogP contribution >= 0.6 is 22.7 Å². The topological polar surface area (TPSA) is 84.0 Å². The van der Waals surface area contributed by atoms with E-state index in [1.165, 1.54) is 22.7 Å². The van der Waals surface area contributed by atoms with Crippen LogP contribution in [0.15, 0.2) is 16.3 Å². The van der Waals surface area contributed by atoms with E-state index >= 15 is 0 Å². The second-order valence-electron chi connectivity index (χ2n) is 3.73. The molecule has 0 spiro atoms. The molecule has 2 aromatic heterocycles. The SMILES string of the molecule is CCNCc1ccc(S(=O)(=O)Nc2nnc(C)s2)s1. The summed E-state index contributed by atoms with van der Waals surface area (Å²) < 4.78 is 26.9. The Morgan fingerprint density at radius 1 is 1.26 bits per heavy atom. The molecule has 9 heteroatoms. The van der Waals surface area contributed by atoms with Crippen molar-refractivity contribution in [2.24, 2.45) is 0 Å². The molecule has 0 fully saturated rings. The maximum Gasteiger partial charge on any atom is 0.273 e. The lowest BCUT2D eigenvalue weighted by atomic mass is 10.4. The molecular formula is C10H14N4O2S3. The zero-order valence-electron chi connectivity index (χ0n) is 10.5. The van der Waals surface area contributed by atoms with Crippen molar-refractivity contribution in [2.75, 3.05) is 11.3 Å². The molecule has 0 bridgehead atoms. The van der Waals surface area contributed by atoms with Gasteiger partial charge in [-0.3, -0.25) is 4.72 Å². The molecule has 2 rings (SSSR count). The number of anilines is 1. The molecule has 0 aromatic carbocycles. The van der Waals surface area contributed by atoms with Crippen LogP contribution < -0.4 is 10.0 Å². The Morgan fingerprint density at radius 3 is 2.68 bits per heavy atom. The van der Waals surface area contributed by atoms with Crippen molar-refractivity contribution >= 4 is 37.8 Å². The predicted molar refractivity (Wildman–Crippen MR) is 77.2 cm³/mol. The Bertz CT molecular complexity index is 647. The van der Waals surface area contributed by atoms with Crippen molar-refractivity contribution < 1.29 is 8.42 Å². The molecule has 2 aromatic rings. The number of thiophene rings is 1. The van der Waals surface area contributed by atoms with Crippen LogP contribution in [0.25, 0.3) is 0 Å². The van der Waals surface area contributed by atoms with Gasteiger partial charge in [0.05, 0.1) is 0 Å². The van der Waals surface area contributed by atoms with Gasteiger partial charge in [-0.2, -0.15) is 0 Å². The zero-order valence-corrected chi connectivity index (χ0v) is 13.0. The number of aromatic nitrogens is 2. The molecule has 19 heavy (non-hydrogen) atoms. The average molecular weight is 318 g/mol. The second kappa shape index (κ2) is 5.95. The molecule has 0 amide bonds. The van der Waals surface area contributed by atoms with Crippen molar-refractivity contribution in [2.45, 2.75) is 24.6 Å². The van der Waals surface area contributed by atoms with Gasteiger partial charge in [-0.1, -0.05) is 18.3 Å². The number of nitrogens with one attached hydrogen (secondary N) is 2. The lowest BCUT2D eigenvalue weighted by Crippen LogP contribution is -2.11. The quantitative estimate of drug-likeness (QED) is 0.849. The molecule has 0 saturated carbocycles. The van der Waals surface area contributed by atoms with Crippen molar-refractivity contribution in [1.29, 1.82) is 0 Å². The molecule has 2 N–H and O–H groups in total. The van der Waals surface area contributed by atoms with Gasteiger partial charge in [0.1, 0.15) is 9.22 Å². The Labute approximate surface area is 119 Å². The number of hydrogen-bond donors (Lipinski definition) is 2. The lowest BCUT2D eigenvalue weighted by molar-refractivity contribution is 0.603. The van der Waals surface area contributed by atoms with Crippen LogP contribution in [0.5, 0.6) is 0 Å². The maximum absolute atomic E-state index is 12.1. The van der Waals surface area contributed by atoms with Gasteiger partial charge in [0.15, 0.2) is 0 Å². The monoisotopic (exact) mass is 318 g/mol. The molecule has 0 radical (unpaired) electrons. The van der Waals surface area contributed by atoms with E-state index in [9.17, 15) is 8.42 Å². The third-order valence-electron chi connectivity index (χ3n) is 2.20. The average Bonchev–Trinajstić information content (AvgIpc) is 2.95. The van der Waals surface area contributed by atoms with Crippen LogP contribution in [0.2, 0.25) is 0 Å². The first-order chi connectivity index (χ1) is 9.01. The first-order valence-corrected chi connectivity index (χ1v) is 8.75. The second-order valence-corrected chi connectivity index (χ2v) is 7.99. The molecule has 0 aliphatic carbocycles. The summed E-state index contributed by atoms with van der Waals surface area (Å²) in [5.74, 6) is 0. The van der Waals surface area contributed by atoms with E-state index in [0.29, 0.717) is 11.7 Å². The Balaban J connectivity index is 2.13. The van der Waals surface area contributed by atoms with Gasteiger partial charge >= 0.3 is 0 Å². The van der Waals surface area contributed by atoms with Crippen LogP contribution in [0.3, 0.4) is 0 Å². The van der Waals surface area contributed by atoms with Crippen LogP contribution in [0.4, 0.5) is 5.13 Å². The van der Waals surface area contributed by atoms with Gasteiger partial charge in [0, 0.05) is 11.4 Å². The zero-order chi connectivity index (χ0) is 13.9. The first-order valence-electron chi connectivity index (χ1n) is 5.63. The van der Waals surface area contributed by atoms with Gasteiger partial charge in [-0.15, -0.1) is 21.5 Å². The Hall–Kier alpha value is -1.03. The Morgan fingerprint density at radius 2 is 2.05 bits per heavy atom. The van der Waals surface area contributed by atoms with E-state index in [1.54, 1.807) is 13.0 Å². The molecule has 0 aliphatic heterocycles. The maximum atomic E-state index is 12.1. The summed E-state index contributed by atoms with van der Waals surface area (Å²) in [5.41, 5.74) is 0. The van der Waals surface area contributed by atoms with Crippen molar-refractivity contribution in [1.82, 2.24) is 15.5 Å². The highest BCUT2D eigenvalue weighted by molar-refractivity contribution is 7.94. The van der Waals surface area contributed by atoms with E-state index in [-0.39, 0.29) is 4.21 Å². The number of rotatable bonds is 6. The van der Waals surface area contributed by atoms with Crippen molar-refractivity contribution in [3.05, 3.63) is 22.0 Å². The lowest BCUT2D eigenvalue weighted by Gasteiger charge is -2.01. The van der Waals surface area contributed by atoms with Gasteiger partial charge in [-0.05, 0) is 25.6 Å². The smallest absolute Gasteiger partial charge is 0.273 e. The van der Waals surface area contributed by atoms with E-state index in [2.05, 4.69) is 20.2 Å². The Kier molecular flexibility index (Phi) is 4.50. The van der Waals surface area contributed by atoms with Crippen LogP contribution in [0.1, 0.15) is 16.8 Å².